The summed E-state index contributed by atoms with van der Waals surface area (Å²) in [7, 11) is 0. The molecule has 0 aliphatic rings. The highest BCUT2D eigenvalue weighted by atomic mass is 127. The molecule has 0 saturated carbocycles. The zero-order valence-corrected chi connectivity index (χ0v) is 11.8. The van der Waals surface area contributed by atoms with Crippen LogP contribution in [0.2, 0.25) is 5.15 Å². The lowest BCUT2D eigenvalue weighted by Gasteiger charge is -1.97. The van der Waals surface area contributed by atoms with E-state index in [0.717, 1.165) is 19.1 Å². The molecule has 68 valence electrons. The molecular formula is C5HClI2N4S. The van der Waals surface area contributed by atoms with Gasteiger partial charge in [0.05, 0.1) is 11.7 Å². The molecule has 0 aliphatic carbocycles. The maximum absolute atomic E-state index is 5.84. The van der Waals surface area contributed by atoms with Crippen molar-refractivity contribution in [2.75, 3.05) is 0 Å². The molecule has 0 amide bonds. The van der Waals surface area contributed by atoms with Crippen molar-refractivity contribution in [3.63, 3.8) is 0 Å². The summed E-state index contributed by atoms with van der Waals surface area (Å²) in [5.41, 5.74) is 0. The summed E-state index contributed by atoms with van der Waals surface area (Å²) < 4.78 is 11.7. The molecule has 0 atom stereocenters. The lowest BCUT2D eigenvalue weighted by atomic mass is 10.7. The van der Waals surface area contributed by atoms with Gasteiger partial charge < -0.3 is 0 Å². The van der Waals surface area contributed by atoms with Gasteiger partial charge in [-0.2, -0.15) is 8.75 Å². The van der Waals surface area contributed by atoms with Gasteiger partial charge in [-0.05, 0) is 45.2 Å². The molecule has 0 bridgehead atoms. The van der Waals surface area contributed by atoms with Gasteiger partial charge in [-0.1, -0.05) is 11.6 Å². The largest absolute Gasteiger partial charge is 0.273 e. The summed E-state index contributed by atoms with van der Waals surface area (Å²) in [6, 6.07) is 0. The minimum absolute atomic E-state index is 0.414. The van der Waals surface area contributed by atoms with E-state index in [1.807, 2.05) is 4.57 Å². The predicted octanol–water partition coefficient (Wildman–Crippen LogP) is 2.59. The van der Waals surface area contributed by atoms with Gasteiger partial charge in [-0.25, -0.2) is 4.98 Å². The molecule has 0 saturated heterocycles. The first-order valence-electron chi connectivity index (χ1n) is 3.07. The summed E-state index contributed by atoms with van der Waals surface area (Å²) >= 11 is 11.3. The minimum Gasteiger partial charge on any atom is -0.273 e. The normalized spacial score (nSPS) is 10.7. The predicted molar refractivity (Wildman–Crippen MR) is 67.5 cm³/mol. The molecule has 0 aliphatic heterocycles. The number of rotatable bonds is 1. The molecular weight excluding hydrogens is 437 g/mol. The monoisotopic (exact) mass is 438 g/mol. The van der Waals surface area contributed by atoms with Crippen molar-refractivity contribution in [2.45, 2.75) is 0 Å². The van der Waals surface area contributed by atoms with Crippen LogP contribution in [0.15, 0.2) is 6.33 Å². The number of aromatic nitrogens is 4. The number of halogens is 3. The summed E-state index contributed by atoms with van der Waals surface area (Å²) in [5, 5.41) is 0.414. The van der Waals surface area contributed by atoms with Crippen molar-refractivity contribution >= 4 is 68.5 Å². The fraction of sp³-hybridized carbons (Fsp3) is 0. The second-order valence-electron chi connectivity index (χ2n) is 2.07. The van der Waals surface area contributed by atoms with Crippen LogP contribution in [0.4, 0.5) is 0 Å². The van der Waals surface area contributed by atoms with Crippen molar-refractivity contribution in [1.29, 1.82) is 0 Å². The highest BCUT2D eigenvalue weighted by molar-refractivity contribution is 14.1. The summed E-state index contributed by atoms with van der Waals surface area (Å²) in [5.74, 6) is 0.645. The van der Waals surface area contributed by atoms with Crippen LogP contribution in [0.25, 0.3) is 5.82 Å². The van der Waals surface area contributed by atoms with Crippen LogP contribution in [0.1, 0.15) is 0 Å². The third-order valence-electron chi connectivity index (χ3n) is 1.33. The fourth-order valence-electron chi connectivity index (χ4n) is 0.776. The Morgan fingerprint density at radius 3 is 2.62 bits per heavy atom. The molecule has 2 rings (SSSR count). The minimum atomic E-state index is 0.414. The Morgan fingerprint density at radius 1 is 1.38 bits per heavy atom. The zero-order valence-electron chi connectivity index (χ0n) is 5.91. The molecule has 2 heterocycles. The lowest BCUT2D eigenvalue weighted by molar-refractivity contribution is 0.993. The van der Waals surface area contributed by atoms with Crippen molar-refractivity contribution in [2.24, 2.45) is 0 Å². The zero-order chi connectivity index (χ0) is 9.42. The molecule has 0 aromatic carbocycles. The van der Waals surface area contributed by atoms with E-state index >= 15 is 0 Å². The number of hydrogen-bond donors (Lipinski definition) is 0. The van der Waals surface area contributed by atoms with Crippen LogP contribution in [0, 0.1) is 7.40 Å². The van der Waals surface area contributed by atoms with E-state index in [4.69, 9.17) is 11.6 Å². The van der Waals surface area contributed by atoms with Gasteiger partial charge in [-0.3, -0.25) is 4.57 Å². The van der Waals surface area contributed by atoms with Gasteiger partial charge in [0.2, 0.25) is 0 Å². The Kier molecular flexibility index (Phi) is 3.05. The third-order valence-corrected chi connectivity index (χ3v) is 5.05. The van der Waals surface area contributed by atoms with E-state index < -0.39 is 0 Å². The van der Waals surface area contributed by atoms with E-state index in [-0.39, 0.29) is 0 Å². The number of hydrogen-bond acceptors (Lipinski definition) is 4. The lowest BCUT2D eigenvalue weighted by Crippen LogP contribution is -1.95. The quantitative estimate of drug-likeness (QED) is 0.643. The van der Waals surface area contributed by atoms with Crippen LogP contribution < -0.4 is 0 Å². The maximum Gasteiger partial charge on any atom is 0.192 e. The molecule has 2 aromatic rings. The topological polar surface area (TPSA) is 43.6 Å². The van der Waals surface area contributed by atoms with Crippen molar-refractivity contribution in [3.8, 4) is 5.82 Å². The van der Waals surface area contributed by atoms with Crippen molar-refractivity contribution in [3.05, 3.63) is 18.9 Å². The Hall–Kier alpha value is 0.520. The van der Waals surface area contributed by atoms with Gasteiger partial charge in [0.1, 0.15) is 13.7 Å². The third kappa shape index (κ3) is 1.83. The second-order valence-corrected chi connectivity index (χ2v) is 5.00. The Morgan fingerprint density at radius 2 is 2.15 bits per heavy atom. The van der Waals surface area contributed by atoms with Gasteiger partial charge in [-0.15, -0.1) is 0 Å². The molecule has 4 nitrogen and oxygen atoms in total. The van der Waals surface area contributed by atoms with E-state index in [9.17, 15) is 0 Å². The summed E-state index contributed by atoms with van der Waals surface area (Å²) in [6.07, 6.45) is 1.69. The van der Waals surface area contributed by atoms with Gasteiger partial charge in [0.15, 0.2) is 11.0 Å². The standard InChI is InChI=1S/C5HClI2N4S/c6-2-5(11-13-10-2)12-1-9-3(7)4(12)8/h1H. The SMILES string of the molecule is Clc1nsnc1-n1cnc(I)c1I. The Labute approximate surface area is 110 Å². The van der Waals surface area contributed by atoms with Gasteiger partial charge in [0, 0.05) is 0 Å². The number of nitrogens with zero attached hydrogens (tertiary/aromatic N) is 4. The van der Waals surface area contributed by atoms with E-state index in [1.165, 1.54) is 0 Å². The molecule has 2 aromatic heterocycles. The molecule has 0 N–H and O–H groups in total. The molecule has 8 heteroatoms. The molecule has 0 radical (unpaired) electrons. The Bertz CT molecular complexity index is 439. The molecule has 0 fully saturated rings. The first kappa shape index (κ1) is 10.1. The van der Waals surface area contributed by atoms with Crippen LogP contribution in [0.3, 0.4) is 0 Å². The van der Waals surface area contributed by atoms with Gasteiger partial charge in [0.25, 0.3) is 0 Å². The van der Waals surface area contributed by atoms with Crippen molar-refractivity contribution < 1.29 is 0 Å². The fourth-order valence-corrected chi connectivity index (χ4v) is 2.37. The summed E-state index contributed by atoms with van der Waals surface area (Å²) in [6.45, 7) is 0. The number of imidazole rings is 1. The van der Waals surface area contributed by atoms with E-state index in [1.54, 1.807) is 6.33 Å². The summed E-state index contributed by atoms with van der Waals surface area (Å²) in [4.78, 5) is 4.13. The average Bonchev–Trinajstić information content (AvgIpc) is 2.62. The first-order valence-corrected chi connectivity index (χ1v) is 6.33. The van der Waals surface area contributed by atoms with Crippen LogP contribution in [0.5, 0.6) is 0 Å². The van der Waals surface area contributed by atoms with Gasteiger partial charge >= 0.3 is 0 Å². The molecule has 0 unspecified atom stereocenters. The highest BCUT2D eigenvalue weighted by Crippen LogP contribution is 2.22. The van der Waals surface area contributed by atoms with Crippen LogP contribution in [-0.2, 0) is 0 Å². The average molecular weight is 438 g/mol. The Balaban J connectivity index is 2.59. The van der Waals surface area contributed by atoms with E-state index in [2.05, 4.69) is 58.9 Å². The smallest absolute Gasteiger partial charge is 0.192 e. The highest BCUT2D eigenvalue weighted by Gasteiger charge is 2.12. The molecule has 13 heavy (non-hydrogen) atoms. The van der Waals surface area contributed by atoms with E-state index in [0.29, 0.717) is 11.0 Å². The van der Waals surface area contributed by atoms with Crippen LogP contribution in [-0.4, -0.2) is 18.3 Å². The van der Waals surface area contributed by atoms with Crippen LogP contribution >= 0.6 is 68.5 Å². The first-order chi connectivity index (χ1) is 6.20. The maximum atomic E-state index is 5.84. The molecule has 0 spiro atoms. The second kappa shape index (κ2) is 3.95. The van der Waals surface area contributed by atoms with Crippen molar-refractivity contribution in [1.82, 2.24) is 18.3 Å².